The summed E-state index contributed by atoms with van der Waals surface area (Å²) in [6, 6.07) is 4.46. The summed E-state index contributed by atoms with van der Waals surface area (Å²) in [4.78, 5) is 6.85. The Labute approximate surface area is 135 Å². The molecule has 2 aliphatic rings. The highest BCUT2D eigenvalue weighted by atomic mass is 16.5. The fourth-order valence-electron chi connectivity index (χ4n) is 3.13. The van der Waals surface area contributed by atoms with Gasteiger partial charge in [-0.05, 0) is 44.7 Å². The Morgan fingerprint density at radius 3 is 3.09 bits per heavy atom. The fraction of sp³-hybridized carbons (Fsp3) is 0.625. The van der Waals surface area contributed by atoms with E-state index in [1.807, 2.05) is 12.1 Å². The molecule has 1 saturated heterocycles. The largest absolute Gasteiger partial charge is 0.351 e. The first-order chi connectivity index (χ1) is 11.3. The molecule has 2 aromatic heterocycles. The van der Waals surface area contributed by atoms with E-state index in [0.717, 1.165) is 31.2 Å². The third kappa shape index (κ3) is 3.19. The molecule has 2 atom stereocenters. The molecule has 0 spiro atoms. The van der Waals surface area contributed by atoms with Gasteiger partial charge in [-0.25, -0.2) is 0 Å². The standard InChI is InChI=1S/C16H22N6O/c1-11(16-19-15(21-23-16)12-6-7-12)17-10-13-4-3-9-22(13)14-5-2-8-18-20-14/h2,5,8,11-13,17H,3-4,6-7,9-10H2,1H3/t11-,13-/m1/s1. The minimum Gasteiger partial charge on any atom is -0.351 e. The zero-order valence-electron chi connectivity index (χ0n) is 13.4. The van der Waals surface area contributed by atoms with Crippen LogP contribution < -0.4 is 10.2 Å². The molecule has 7 nitrogen and oxygen atoms in total. The summed E-state index contributed by atoms with van der Waals surface area (Å²) < 4.78 is 5.39. The summed E-state index contributed by atoms with van der Waals surface area (Å²) in [7, 11) is 0. The molecule has 122 valence electrons. The van der Waals surface area contributed by atoms with E-state index < -0.39 is 0 Å². The molecule has 1 aliphatic heterocycles. The van der Waals surface area contributed by atoms with Crippen LogP contribution in [0.25, 0.3) is 0 Å². The first-order valence-corrected chi connectivity index (χ1v) is 8.42. The Morgan fingerprint density at radius 1 is 1.39 bits per heavy atom. The quantitative estimate of drug-likeness (QED) is 0.874. The monoisotopic (exact) mass is 314 g/mol. The Balaban J connectivity index is 1.35. The maximum absolute atomic E-state index is 5.39. The summed E-state index contributed by atoms with van der Waals surface area (Å²) in [5.41, 5.74) is 0. The van der Waals surface area contributed by atoms with Gasteiger partial charge in [0.1, 0.15) is 0 Å². The SMILES string of the molecule is C[C@@H](NC[C@H]1CCCN1c1cccnn1)c1nc(C2CC2)no1. The fourth-order valence-corrected chi connectivity index (χ4v) is 3.13. The van der Waals surface area contributed by atoms with Crippen LogP contribution in [0.4, 0.5) is 5.82 Å². The van der Waals surface area contributed by atoms with E-state index in [-0.39, 0.29) is 6.04 Å². The number of hydrogen-bond donors (Lipinski definition) is 1. The zero-order valence-corrected chi connectivity index (χ0v) is 13.4. The molecule has 7 heteroatoms. The number of nitrogens with one attached hydrogen (secondary N) is 1. The van der Waals surface area contributed by atoms with E-state index in [4.69, 9.17) is 4.52 Å². The predicted octanol–water partition coefficient (Wildman–Crippen LogP) is 2.06. The van der Waals surface area contributed by atoms with Crippen molar-refractivity contribution in [1.29, 1.82) is 0 Å². The van der Waals surface area contributed by atoms with Crippen LogP contribution in [0.2, 0.25) is 0 Å². The molecular weight excluding hydrogens is 292 g/mol. The molecule has 1 aliphatic carbocycles. The minimum absolute atomic E-state index is 0.0688. The lowest BCUT2D eigenvalue weighted by Gasteiger charge is -2.26. The average molecular weight is 314 g/mol. The highest BCUT2D eigenvalue weighted by molar-refractivity contribution is 5.39. The van der Waals surface area contributed by atoms with E-state index >= 15 is 0 Å². The predicted molar refractivity (Wildman–Crippen MR) is 85.1 cm³/mol. The van der Waals surface area contributed by atoms with E-state index in [1.165, 1.54) is 19.3 Å². The van der Waals surface area contributed by atoms with Crippen LogP contribution >= 0.6 is 0 Å². The van der Waals surface area contributed by atoms with Gasteiger partial charge in [0.15, 0.2) is 11.6 Å². The minimum atomic E-state index is 0.0688. The van der Waals surface area contributed by atoms with Gasteiger partial charge >= 0.3 is 0 Å². The van der Waals surface area contributed by atoms with Crippen LogP contribution in [0.15, 0.2) is 22.9 Å². The highest BCUT2D eigenvalue weighted by Crippen LogP contribution is 2.38. The third-order valence-electron chi connectivity index (χ3n) is 4.66. The van der Waals surface area contributed by atoms with Crippen molar-refractivity contribution in [2.45, 2.75) is 50.6 Å². The van der Waals surface area contributed by atoms with Crippen LogP contribution in [0.3, 0.4) is 0 Å². The molecule has 0 amide bonds. The van der Waals surface area contributed by atoms with Crippen molar-refractivity contribution in [3.8, 4) is 0 Å². The normalized spacial score (nSPS) is 22.5. The van der Waals surface area contributed by atoms with Gasteiger partial charge in [0.05, 0.1) is 6.04 Å². The van der Waals surface area contributed by atoms with Crippen LogP contribution in [0.5, 0.6) is 0 Å². The molecule has 23 heavy (non-hydrogen) atoms. The molecule has 1 N–H and O–H groups in total. The number of rotatable bonds is 6. The molecule has 3 heterocycles. The topological polar surface area (TPSA) is 80.0 Å². The van der Waals surface area contributed by atoms with Crippen molar-refractivity contribution in [1.82, 2.24) is 25.7 Å². The van der Waals surface area contributed by atoms with Gasteiger partial charge in [0.2, 0.25) is 5.89 Å². The maximum atomic E-state index is 5.39. The molecule has 2 aromatic rings. The second-order valence-electron chi connectivity index (χ2n) is 6.47. The van der Waals surface area contributed by atoms with E-state index in [0.29, 0.717) is 17.9 Å². The molecule has 0 radical (unpaired) electrons. The lowest BCUT2D eigenvalue weighted by molar-refractivity contribution is 0.333. The molecule has 4 rings (SSSR count). The van der Waals surface area contributed by atoms with Gasteiger partial charge in [-0.2, -0.15) is 10.1 Å². The number of hydrogen-bond acceptors (Lipinski definition) is 7. The first kappa shape index (κ1) is 14.6. The van der Waals surface area contributed by atoms with Gasteiger partial charge in [-0.3, -0.25) is 0 Å². The van der Waals surface area contributed by atoms with Gasteiger partial charge in [-0.15, -0.1) is 5.10 Å². The molecule has 1 saturated carbocycles. The van der Waals surface area contributed by atoms with Gasteiger partial charge < -0.3 is 14.7 Å². The van der Waals surface area contributed by atoms with E-state index in [9.17, 15) is 0 Å². The highest BCUT2D eigenvalue weighted by Gasteiger charge is 2.30. The van der Waals surface area contributed by atoms with Crippen molar-refractivity contribution < 1.29 is 4.52 Å². The van der Waals surface area contributed by atoms with E-state index in [1.54, 1.807) is 6.20 Å². The Kier molecular flexibility index (Phi) is 3.95. The molecule has 2 fully saturated rings. The average Bonchev–Trinajstić information content (AvgIpc) is 3.14. The zero-order chi connectivity index (χ0) is 15.6. The number of anilines is 1. The summed E-state index contributed by atoms with van der Waals surface area (Å²) in [5.74, 6) is 3.05. The Morgan fingerprint density at radius 2 is 2.30 bits per heavy atom. The van der Waals surface area contributed by atoms with E-state index in [2.05, 4.69) is 37.5 Å². The van der Waals surface area contributed by atoms with Crippen molar-refractivity contribution in [2.24, 2.45) is 0 Å². The van der Waals surface area contributed by atoms with Gasteiger partial charge in [-0.1, -0.05) is 5.16 Å². The van der Waals surface area contributed by atoms with Crippen LogP contribution in [-0.4, -0.2) is 39.5 Å². The molecule has 0 bridgehead atoms. The maximum Gasteiger partial charge on any atom is 0.243 e. The molecule has 0 unspecified atom stereocenters. The smallest absolute Gasteiger partial charge is 0.243 e. The second kappa shape index (κ2) is 6.23. The number of aromatic nitrogens is 4. The summed E-state index contributed by atoms with van der Waals surface area (Å²) in [6.07, 6.45) is 6.44. The van der Waals surface area contributed by atoms with Crippen LogP contribution in [0, 0.1) is 0 Å². The lowest BCUT2D eigenvalue weighted by atomic mass is 10.2. The second-order valence-corrected chi connectivity index (χ2v) is 6.47. The van der Waals surface area contributed by atoms with Gasteiger partial charge in [0.25, 0.3) is 0 Å². The van der Waals surface area contributed by atoms with Crippen molar-refractivity contribution in [3.05, 3.63) is 30.0 Å². The molecule has 0 aromatic carbocycles. The van der Waals surface area contributed by atoms with Crippen molar-refractivity contribution in [3.63, 3.8) is 0 Å². The summed E-state index contributed by atoms with van der Waals surface area (Å²) in [5, 5.41) is 15.8. The Hall–Kier alpha value is -2.02. The summed E-state index contributed by atoms with van der Waals surface area (Å²) in [6.45, 7) is 3.98. The van der Waals surface area contributed by atoms with Crippen molar-refractivity contribution in [2.75, 3.05) is 18.0 Å². The Bertz CT molecular complexity index is 641. The first-order valence-electron chi connectivity index (χ1n) is 8.42. The van der Waals surface area contributed by atoms with Crippen molar-refractivity contribution >= 4 is 5.82 Å². The lowest BCUT2D eigenvalue weighted by Crippen LogP contribution is -2.39. The van der Waals surface area contributed by atoms with Gasteiger partial charge in [0, 0.05) is 31.2 Å². The summed E-state index contributed by atoms with van der Waals surface area (Å²) >= 11 is 0. The molecular formula is C16H22N6O. The van der Waals surface area contributed by atoms with Crippen LogP contribution in [0.1, 0.15) is 56.3 Å². The third-order valence-corrected chi connectivity index (χ3v) is 4.66. The number of nitrogens with zero attached hydrogens (tertiary/aromatic N) is 5. The van der Waals surface area contributed by atoms with Crippen LogP contribution in [-0.2, 0) is 0 Å².